The molecule has 0 N–H and O–H groups in total. The van der Waals surface area contributed by atoms with Crippen LogP contribution in [0.25, 0.3) is 0 Å². The van der Waals surface area contributed by atoms with Crippen molar-refractivity contribution >= 4 is 5.69 Å². The molecule has 2 heteroatoms. The van der Waals surface area contributed by atoms with Crippen LogP contribution in [0.3, 0.4) is 0 Å². The smallest absolute Gasteiger partial charge is 0.123 e. The molecule has 87 valence electrons. The van der Waals surface area contributed by atoms with Crippen LogP contribution in [0.1, 0.15) is 39.0 Å². The topological polar surface area (TPSA) is 3.24 Å². The van der Waals surface area contributed by atoms with Crippen LogP contribution in [0, 0.1) is 12.4 Å². The second-order valence-electron chi connectivity index (χ2n) is 4.44. The molecule has 1 aromatic carbocycles. The Balaban J connectivity index is 2.13. The predicted octanol–water partition coefficient (Wildman–Crippen LogP) is 4.15. The zero-order valence-electron chi connectivity index (χ0n) is 9.82. The normalized spacial score (nSPS) is 21.1. The van der Waals surface area contributed by atoms with Crippen molar-refractivity contribution in [3.05, 3.63) is 36.6 Å². The lowest BCUT2D eigenvalue weighted by molar-refractivity contribution is 0.467. The van der Waals surface area contributed by atoms with Gasteiger partial charge in [0.05, 0.1) is 0 Å². The van der Waals surface area contributed by atoms with Gasteiger partial charge < -0.3 is 4.90 Å². The summed E-state index contributed by atoms with van der Waals surface area (Å²) in [5.41, 5.74) is 1.12. The second-order valence-corrected chi connectivity index (χ2v) is 4.44. The van der Waals surface area contributed by atoms with Crippen molar-refractivity contribution in [3.63, 3.8) is 0 Å². The molecule has 0 unspecified atom stereocenters. The van der Waals surface area contributed by atoms with Crippen molar-refractivity contribution in [2.75, 3.05) is 4.90 Å². The van der Waals surface area contributed by atoms with Gasteiger partial charge in [0, 0.05) is 18.3 Å². The molecular formula is C14H19FN. The zero-order valence-corrected chi connectivity index (χ0v) is 9.82. The quantitative estimate of drug-likeness (QED) is 0.739. The summed E-state index contributed by atoms with van der Waals surface area (Å²) in [5, 5.41) is 0. The van der Waals surface area contributed by atoms with Crippen LogP contribution < -0.4 is 4.90 Å². The van der Waals surface area contributed by atoms with Crippen LogP contribution in [0.4, 0.5) is 10.1 Å². The van der Waals surface area contributed by atoms with Crippen LogP contribution in [-0.2, 0) is 0 Å². The van der Waals surface area contributed by atoms with Gasteiger partial charge in [-0.15, -0.1) is 0 Å². The van der Waals surface area contributed by atoms with Crippen molar-refractivity contribution in [2.45, 2.75) is 45.1 Å². The van der Waals surface area contributed by atoms with E-state index in [-0.39, 0.29) is 5.82 Å². The molecule has 1 fully saturated rings. The summed E-state index contributed by atoms with van der Waals surface area (Å²) < 4.78 is 12.9. The number of benzene rings is 1. The van der Waals surface area contributed by atoms with Gasteiger partial charge in [-0.25, -0.2) is 4.39 Å². The lowest BCUT2D eigenvalue weighted by Gasteiger charge is -2.37. The minimum absolute atomic E-state index is 0.159. The highest BCUT2D eigenvalue weighted by molar-refractivity contribution is 5.49. The minimum Gasteiger partial charge on any atom is -0.363 e. The summed E-state index contributed by atoms with van der Waals surface area (Å²) in [5.74, 6) is -0.159. The largest absolute Gasteiger partial charge is 0.363 e. The molecular weight excluding hydrogens is 201 g/mol. The van der Waals surface area contributed by atoms with E-state index >= 15 is 0 Å². The van der Waals surface area contributed by atoms with E-state index in [0.29, 0.717) is 6.04 Å². The Kier molecular flexibility index (Phi) is 3.81. The van der Waals surface area contributed by atoms with Crippen LogP contribution in [-0.4, -0.2) is 6.04 Å². The Labute approximate surface area is 97.3 Å². The van der Waals surface area contributed by atoms with Crippen LogP contribution in [0.5, 0.6) is 0 Å². The van der Waals surface area contributed by atoms with Crippen molar-refractivity contribution in [1.82, 2.24) is 0 Å². The Morgan fingerprint density at radius 2 is 2.06 bits per heavy atom. The Bertz CT molecular complexity index is 318. The van der Waals surface area contributed by atoms with Crippen molar-refractivity contribution in [1.29, 1.82) is 0 Å². The Morgan fingerprint density at radius 3 is 2.75 bits per heavy atom. The number of anilines is 1. The third-order valence-corrected chi connectivity index (χ3v) is 3.21. The van der Waals surface area contributed by atoms with Gasteiger partial charge >= 0.3 is 0 Å². The molecule has 0 saturated carbocycles. The van der Waals surface area contributed by atoms with Gasteiger partial charge in [0.25, 0.3) is 0 Å². The lowest BCUT2D eigenvalue weighted by atomic mass is 9.97. The standard InChI is InChI=1S/C14H19FN/c1-2-5-13-6-3-4-11-16(13)14-9-7-12(15)8-10-14/h7-11,13H,2-6H2,1H3/t13-/m0/s1. The van der Waals surface area contributed by atoms with E-state index in [1.165, 1.54) is 25.7 Å². The number of piperidine rings is 1. The molecule has 0 aliphatic carbocycles. The van der Waals surface area contributed by atoms with E-state index in [2.05, 4.69) is 18.4 Å². The molecule has 1 saturated heterocycles. The van der Waals surface area contributed by atoms with Crippen molar-refractivity contribution in [2.24, 2.45) is 0 Å². The first-order chi connectivity index (χ1) is 7.81. The molecule has 0 spiro atoms. The molecule has 16 heavy (non-hydrogen) atoms. The fourth-order valence-corrected chi connectivity index (χ4v) is 2.42. The highest BCUT2D eigenvalue weighted by atomic mass is 19.1. The molecule has 2 rings (SSSR count). The summed E-state index contributed by atoms with van der Waals surface area (Å²) in [6.07, 6.45) is 6.09. The molecule has 1 atom stereocenters. The lowest BCUT2D eigenvalue weighted by Crippen LogP contribution is -2.36. The number of nitrogens with zero attached hydrogens (tertiary/aromatic N) is 1. The molecule has 1 aliphatic heterocycles. The van der Waals surface area contributed by atoms with E-state index in [1.807, 2.05) is 12.1 Å². The molecule has 1 aliphatic rings. The van der Waals surface area contributed by atoms with E-state index < -0.39 is 0 Å². The summed E-state index contributed by atoms with van der Waals surface area (Å²) in [6, 6.07) is 7.44. The van der Waals surface area contributed by atoms with Gasteiger partial charge in [0.2, 0.25) is 0 Å². The van der Waals surface area contributed by atoms with Crippen LogP contribution in [0.15, 0.2) is 24.3 Å². The summed E-state index contributed by atoms with van der Waals surface area (Å²) in [7, 11) is 0. The molecule has 0 bridgehead atoms. The third kappa shape index (κ3) is 2.55. The molecule has 1 aromatic rings. The third-order valence-electron chi connectivity index (χ3n) is 3.21. The maximum atomic E-state index is 12.9. The summed E-state index contributed by atoms with van der Waals surface area (Å²) >= 11 is 0. The van der Waals surface area contributed by atoms with E-state index in [1.54, 1.807) is 12.1 Å². The number of halogens is 1. The van der Waals surface area contributed by atoms with Gasteiger partial charge in [-0.05, 0) is 49.9 Å². The predicted molar refractivity (Wildman–Crippen MR) is 65.7 cm³/mol. The second kappa shape index (κ2) is 5.33. The van der Waals surface area contributed by atoms with E-state index in [4.69, 9.17) is 0 Å². The summed E-state index contributed by atoms with van der Waals surface area (Å²) in [4.78, 5) is 2.33. The van der Waals surface area contributed by atoms with E-state index in [0.717, 1.165) is 12.1 Å². The average Bonchev–Trinajstić information content (AvgIpc) is 2.32. The summed E-state index contributed by atoms with van der Waals surface area (Å²) in [6.45, 7) is 4.48. The van der Waals surface area contributed by atoms with Crippen LogP contribution >= 0.6 is 0 Å². The fourth-order valence-electron chi connectivity index (χ4n) is 2.42. The average molecular weight is 220 g/mol. The number of rotatable bonds is 3. The van der Waals surface area contributed by atoms with Crippen LogP contribution in [0.2, 0.25) is 0 Å². The number of hydrogen-bond donors (Lipinski definition) is 0. The highest BCUT2D eigenvalue weighted by Crippen LogP contribution is 2.29. The molecule has 0 aromatic heterocycles. The highest BCUT2D eigenvalue weighted by Gasteiger charge is 2.21. The van der Waals surface area contributed by atoms with Gasteiger partial charge in [-0.1, -0.05) is 13.3 Å². The maximum Gasteiger partial charge on any atom is 0.123 e. The molecule has 1 heterocycles. The Morgan fingerprint density at radius 1 is 1.31 bits per heavy atom. The van der Waals surface area contributed by atoms with Gasteiger partial charge in [-0.2, -0.15) is 0 Å². The first-order valence-corrected chi connectivity index (χ1v) is 6.18. The van der Waals surface area contributed by atoms with Gasteiger partial charge in [0.15, 0.2) is 0 Å². The number of hydrogen-bond acceptors (Lipinski definition) is 1. The molecule has 0 amide bonds. The first-order valence-electron chi connectivity index (χ1n) is 6.18. The van der Waals surface area contributed by atoms with Gasteiger partial charge in [-0.3, -0.25) is 0 Å². The van der Waals surface area contributed by atoms with Crippen molar-refractivity contribution < 1.29 is 4.39 Å². The van der Waals surface area contributed by atoms with E-state index in [9.17, 15) is 4.39 Å². The molecule has 1 radical (unpaired) electrons. The van der Waals surface area contributed by atoms with Gasteiger partial charge in [0.1, 0.15) is 5.82 Å². The maximum absolute atomic E-state index is 12.9. The molecule has 1 nitrogen and oxygen atoms in total. The monoisotopic (exact) mass is 220 g/mol. The SMILES string of the molecule is CCC[C@H]1CCC[CH]N1c1ccc(F)cc1. The fraction of sp³-hybridized carbons (Fsp3) is 0.500. The Hall–Kier alpha value is -1.05. The minimum atomic E-state index is -0.159. The zero-order chi connectivity index (χ0) is 11.4. The first kappa shape index (κ1) is 11.4. The van der Waals surface area contributed by atoms with Crippen molar-refractivity contribution in [3.8, 4) is 0 Å².